The molecule has 0 saturated carbocycles. The summed E-state index contributed by atoms with van der Waals surface area (Å²) in [5.41, 5.74) is 4.96. The minimum absolute atomic E-state index is 0.00252. The molecule has 1 aromatic heterocycles. The fourth-order valence-electron chi connectivity index (χ4n) is 4.72. The van der Waals surface area contributed by atoms with Crippen LogP contribution in [0.4, 0.5) is 0 Å². The van der Waals surface area contributed by atoms with E-state index in [0.29, 0.717) is 6.54 Å². The second-order valence-electron chi connectivity index (χ2n) is 9.15. The monoisotopic (exact) mass is 468 g/mol. The van der Waals surface area contributed by atoms with Gasteiger partial charge in [0.15, 0.2) is 5.82 Å². The average Bonchev–Trinajstić information content (AvgIpc) is 3.35. The minimum atomic E-state index is 0.00252. The van der Waals surface area contributed by atoms with Gasteiger partial charge in [0.1, 0.15) is 5.75 Å². The highest BCUT2D eigenvalue weighted by Crippen LogP contribution is 2.29. The molecule has 0 aliphatic carbocycles. The molecule has 7 heteroatoms. The summed E-state index contributed by atoms with van der Waals surface area (Å²) in [6.45, 7) is 7.66. The Hall–Kier alpha value is -3.55. The van der Waals surface area contributed by atoms with Crippen LogP contribution in [0.5, 0.6) is 5.75 Å². The largest absolute Gasteiger partial charge is 0.497 e. The van der Waals surface area contributed by atoms with E-state index in [1.807, 2.05) is 16.8 Å². The lowest BCUT2D eigenvalue weighted by Crippen LogP contribution is -2.48. The first-order valence-corrected chi connectivity index (χ1v) is 12.2. The Morgan fingerprint density at radius 2 is 1.49 bits per heavy atom. The molecule has 0 radical (unpaired) electrons. The van der Waals surface area contributed by atoms with Gasteiger partial charge in [-0.05, 0) is 46.2 Å². The number of piperazine rings is 1. The van der Waals surface area contributed by atoms with Gasteiger partial charge in [-0.1, -0.05) is 72.3 Å². The third-order valence-corrected chi connectivity index (χ3v) is 6.71. The molecule has 35 heavy (non-hydrogen) atoms. The van der Waals surface area contributed by atoms with E-state index in [9.17, 15) is 0 Å². The van der Waals surface area contributed by atoms with Crippen LogP contribution in [-0.2, 0) is 13.1 Å². The standard InChI is InChI=1S/C28H32N6O/c1-22-8-12-25(13-9-22)27(33-18-16-32(17-19-33)20-23-6-4-3-5-7-23)28-29-30-31-34(28)21-24-10-14-26(35-2)15-11-24/h3-15,27H,16-21H2,1-2H3/t27-/m1/s1. The predicted molar refractivity (Wildman–Crippen MR) is 136 cm³/mol. The lowest BCUT2D eigenvalue weighted by atomic mass is 10.0. The van der Waals surface area contributed by atoms with E-state index < -0.39 is 0 Å². The fourth-order valence-corrected chi connectivity index (χ4v) is 4.72. The van der Waals surface area contributed by atoms with Crippen molar-refractivity contribution in [3.8, 4) is 5.75 Å². The molecule has 2 heterocycles. The van der Waals surface area contributed by atoms with Gasteiger partial charge in [0.05, 0.1) is 19.7 Å². The molecule has 1 fully saturated rings. The number of aryl methyl sites for hydroxylation is 1. The summed E-state index contributed by atoms with van der Waals surface area (Å²) in [6.07, 6.45) is 0. The molecule has 0 spiro atoms. The van der Waals surface area contributed by atoms with E-state index in [1.165, 1.54) is 16.7 Å². The number of nitrogens with zero attached hydrogens (tertiary/aromatic N) is 6. The molecule has 5 rings (SSSR count). The number of ether oxygens (including phenoxy) is 1. The molecule has 1 aliphatic rings. The number of methoxy groups -OCH3 is 1. The van der Waals surface area contributed by atoms with Crippen molar-refractivity contribution < 1.29 is 4.74 Å². The topological polar surface area (TPSA) is 59.3 Å². The van der Waals surface area contributed by atoms with Gasteiger partial charge >= 0.3 is 0 Å². The quantitative estimate of drug-likeness (QED) is 0.390. The lowest BCUT2D eigenvalue weighted by Gasteiger charge is -2.39. The Morgan fingerprint density at radius 1 is 0.800 bits per heavy atom. The van der Waals surface area contributed by atoms with Gasteiger partial charge in [0.2, 0.25) is 0 Å². The maximum Gasteiger partial charge on any atom is 0.173 e. The number of hydrogen-bond acceptors (Lipinski definition) is 6. The first kappa shape index (κ1) is 23.2. The average molecular weight is 469 g/mol. The number of benzene rings is 3. The maximum atomic E-state index is 5.30. The molecule has 1 saturated heterocycles. The highest BCUT2D eigenvalue weighted by atomic mass is 16.5. The number of aromatic nitrogens is 4. The van der Waals surface area contributed by atoms with Crippen LogP contribution in [0, 0.1) is 6.92 Å². The summed E-state index contributed by atoms with van der Waals surface area (Å²) in [5.74, 6) is 1.72. The van der Waals surface area contributed by atoms with Crippen LogP contribution in [-0.4, -0.2) is 63.3 Å². The third kappa shape index (κ3) is 5.58. The molecule has 180 valence electrons. The SMILES string of the molecule is COc1ccc(Cn2nnnc2[C@@H](c2ccc(C)cc2)N2CCN(Cc3ccccc3)CC2)cc1. The molecule has 0 unspecified atom stereocenters. The molecular weight excluding hydrogens is 436 g/mol. The first-order chi connectivity index (χ1) is 17.2. The van der Waals surface area contributed by atoms with Crippen LogP contribution >= 0.6 is 0 Å². The van der Waals surface area contributed by atoms with Crippen molar-refractivity contribution in [3.05, 3.63) is 107 Å². The van der Waals surface area contributed by atoms with E-state index in [2.05, 4.69) is 99.0 Å². The predicted octanol–water partition coefficient (Wildman–Crippen LogP) is 3.95. The summed E-state index contributed by atoms with van der Waals surface area (Å²) in [6, 6.07) is 27.6. The van der Waals surface area contributed by atoms with Crippen LogP contribution in [0.15, 0.2) is 78.9 Å². The van der Waals surface area contributed by atoms with Gasteiger partial charge < -0.3 is 4.74 Å². The van der Waals surface area contributed by atoms with Crippen molar-refractivity contribution >= 4 is 0 Å². The van der Waals surface area contributed by atoms with Crippen molar-refractivity contribution in [2.24, 2.45) is 0 Å². The summed E-state index contributed by atoms with van der Waals surface area (Å²) < 4.78 is 7.23. The molecule has 0 amide bonds. The highest BCUT2D eigenvalue weighted by Gasteiger charge is 2.30. The Bertz CT molecular complexity index is 1200. The normalized spacial score (nSPS) is 15.7. The van der Waals surface area contributed by atoms with Gasteiger partial charge in [-0.2, -0.15) is 0 Å². The van der Waals surface area contributed by atoms with Crippen LogP contribution in [0.3, 0.4) is 0 Å². The van der Waals surface area contributed by atoms with Gasteiger partial charge in [0, 0.05) is 32.7 Å². The van der Waals surface area contributed by atoms with Crippen molar-refractivity contribution in [1.82, 2.24) is 30.0 Å². The highest BCUT2D eigenvalue weighted by molar-refractivity contribution is 5.30. The number of hydrogen-bond donors (Lipinski definition) is 0. The summed E-state index contributed by atoms with van der Waals surface area (Å²) in [5, 5.41) is 13.0. The second-order valence-corrected chi connectivity index (χ2v) is 9.15. The molecular formula is C28H32N6O. The Balaban J connectivity index is 1.37. The number of rotatable bonds is 8. The molecule has 1 atom stereocenters. The molecule has 1 aliphatic heterocycles. The van der Waals surface area contributed by atoms with Crippen LogP contribution in [0.25, 0.3) is 0 Å². The van der Waals surface area contributed by atoms with Crippen molar-refractivity contribution in [3.63, 3.8) is 0 Å². The van der Waals surface area contributed by atoms with Gasteiger partial charge in [-0.3, -0.25) is 9.80 Å². The first-order valence-electron chi connectivity index (χ1n) is 12.2. The van der Waals surface area contributed by atoms with E-state index >= 15 is 0 Å². The Labute approximate surface area is 206 Å². The zero-order chi connectivity index (χ0) is 24.0. The van der Waals surface area contributed by atoms with Gasteiger partial charge in [-0.15, -0.1) is 5.10 Å². The Morgan fingerprint density at radius 3 is 2.17 bits per heavy atom. The van der Waals surface area contributed by atoms with Gasteiger partial charge in [-0.25, -0.2) is 4.68 Å². The lowest BCUT2D eigenvalue weighted by molar-refractivity contribution is 0.100. The van der Waals surface area contributed by atoms with Crippen LogP contribution in [0.1, 0.15) is 34.1 Å². The van der Waals surface area contributed by atoms with E-state index in [0.717, 1.165) is 49.9 Å². The van der Waals surface area contributed by atoms with Gasteiger partial charge in [0.25, 0.3) is 0 Å². The molecule has 0 bridgehead atoms. The summed E-state index contributed by atoms with van der Waals surface area (Å²) in [4.78, 5) is 5.04. The molecule has 3 aromatic carbocycles. The Kier molecular flexibility index (Phi) is 7.16. The summed E-state index contributed by atoms with van der Waals surface area (Å²) in [7, 11) is 1.68. The van der Waals surface area contributed by atoms with Crippen LogP contribution in [0.2, 0.25) is 0 Å². The zero-order valence-corrected chi connectivity index (χ0v) is 20.4. The van der Waals surface area contributed by atoms with Crippen molar-refractivity contribution in [2.75, 3.05) is 33.3 Å². The fraction of sp³-hybridized carbons (Fsp3) is 0.321. The maximum absolute atomic E-state index is 5.30. The molecule has 0 N–H and O–H groups in total. The number of tetrazole rings is 1. The van der Waals surface area contributed by atoms with E-state index in [4.69, 9.17) is 4.74 Å². The third-order valence-electron chi connectivity index (χ3n) is 6.71. The molecule has 7 nitrogen and oxygen atoms in total. The van der Waals surface area contributed by atoms with E-state index in [1.54, 1.807) is 7.11 Å². The second kappa shape index (κ2) is 10.8. The van der Waals surface area contributed by atoms with Crippen molar-refractivity contribution in [1.29, 1.82) is 0 Å². The van der Waals surface area contributed by atoms with E-state index in [-0.39, 0.29) is 6.04 Å². The smallest absolute Gasteiger partial charge is 0.173 e. The molecule has 4 aromatic rings. The summed E-state index contributed by atoms with van der Waals surface area (Å²) >= 11 is 0. The minimum Gasteiger partial charge on any atom is -0.497 e. The van der Waals surface area contributed by atoms with Crippen LogP contribution < -0.4 is 4.74 Å². The van der Waals surface area contributed by atoms with Crippen molar-refractivity contribution in [2.45, 2.75) is 26.1 Å². The zero-order valence-electron chi connectivity index (χ0n) is 20.4.